The molecule has 1 fully saturated rings. The lowest BCUT2D eigenvalue weighted by atomic mass is 9.99. The smallest absolute Gasteiger partial charge is 0.303 e. The Bertz CT molecular complexity index is 993. The Hall–Kier alpha value is -2.99. The van der Waals surface area contributed by atoms with Crippen molar-refractivity contribution in [1.82, 2.24) is 0 Å². The normalized spacial score (nSPS) is 22.0. The van der Waals surface area contributed by atoms with Gasteiger partial charge in [-0.05, 0) is 35.4 Å². The van der Waals surface area contributed by atoms with Crippen molar-refractivity contribution in [3.8, 4) is 0 Å². The predicted molar refractivity (Wildman–Crippen MR) is 130 cm³/mol. The largest absolute Gasteiger partial charge is 0.481 e. The summed E-state index contributed by atoms with van der Waals surface area (Å²) in [5.74, 6) is -0.751. The molecule has 4 unspecified atom stereocenters. The first-order chi connectivity index (χ1) is 16.7. The Morgan fingerprint density at radius 3 is 1.59 bits per heavy atom. The lowest BCUT2D eigenvalue weighted by Crippen LogP contribution is -2.37. The highest BCUT2D eigenvalue weighted by atomic mass is 16.6. The van der Waals surface area contributed by atoms with Crippen molar-refractivity contribution in [2.45, 2.75) is 57.4 Å². The standard InChI is InChI=1S/C29H32O5/c30-27(31)17-16-25-18-26(32-19-22-10-4-1-5-11-22)29(34-21-24-14-8-3-9-15-24)28(25)33-20-23-12-6-2-7-13-23/h1-15,25-26,28-29H,16-21H2,(H,30,31). The Morgan fingerprint density at radius 1 is 0.676 bits per heavy atom. The summed E-state index contributed by atoms with van der Waals surface area (Å²) in [6.45, 7) is 1.38. The van der Waals surface area contributed by atoms with E-state index in [4.69, 9.17) is 14.2 Å². The Morgan fingerprint density at radius 2 is 1.12 bits per heavy atom. The van der Waals surface area contributed by atoms with Crippen LogP contribution in [0.5, 0.6) is 0 Å². The van der Waals surface area contributed by atoms with Gasteiger partial charge in [0, 0.05) is 6.42 Å². The molecular weight excluding hydrogens is 428 g/mol. The molecule has 1 saturated carbocycles. The van der Waals surface area contributed by atoms with Crippen LogP contribution in [0.3, 0.4) is 0 Å². The van der Waals surface area contributed by atoms with E-state index in [1.807, 2.05) is 91.0 Å². The van der Waals surface area contributed by atoms with Gasteiger partial charge in [0.25, 0.3) is 0 Å². The van der Waals surface area contributed by atoms with Crippen molar-refractivity contribution in [2.24, 2.45) is 5.92 Å². The highest BCUT2D eigenvalue weighted by Crippen LogP contribution is 2.37. The van der Waals surface area contributed by atoms with Gasteiger partial charge in [0.15, 0.2) is 0 Å². The van der Waals surface area contributed by atoms with E-state index in [0.717, 1.165) is 16.7 Å². The Kier molecular flexibility index (Phi) is 8.85. The SMILES string of the molecule is O=C(O)CCC1CC(OCc2ccccc2)C(OCc2ccccc2)C1OCc1ccccc1. The fourth-order valence-electron chi connectivity index (χ4n) is 4.54. The van der Waals surface area contributed by atoms with E-state index >= 15 is 0 Å². The third kappa shape index (κ3) is 7.00. The summed E-state index contributed by atoms with van der Waals surface area (Å²) in [5.41, 5.74) is 3.26. The van der Waals surface area contributed by atoms with Crippen molar-refractivity contribution >= 4 is 5.97 Å². The molecule has 3 aromatic carbocycles. The first-order valence-corrected chi connectivity index (χ1v) is 11.9. The van der Waals surface area contributed by atoms with E-state index < -0.39 is 5.97 Å². The maximum atomic E-state index is 11.3. The number of carboxylic acids is 1. The number of carbonyl (C=O) groups is 1. The summed E-state index contributed by atoms with van der Waals surface area (Å²) in [5, 5.41) is 9.30. The highest BCUT2D eigenvalue weighted by Gasteiger charge is 2.45. The number of carboxylic acid groups (broad SMARTS) is 1. The average molecular weight is 461 g/mol. The summed E-state index contributed by atoms with van der Waals surface area (Å²) in [6, 6.07) is 30.1. The molecule has 0 radical (unpaired) electrons. The van der Waals surface area contributed by atoms with E-state index in [1.165, 1.54) is 0 Å². The molecule has 0 bridgehead atoms. The van der Waals surface area contributed by atoms with E-state index in [1.54, 1.807) is 0 Å². The van der Waals surface area contributed by atoms with Gasteiger partial charge < -0.3 is 19.3 Å². The maximum Gasteiger partial charge on any atom is 0.303 e. The molecule has 0 aliphatic heterocycles. The lowest BCUT2D eigenvalue weighted by Gasteiger charge is -2.27. The first kappa shape index (κ1) is 24.1. The van der Waals surface area contributed by atoms with Crippen molar-refractivity contribution < 1.29 is 24.1 Å². The molecule has 1 N–H and O–H groups in total. The fraction of sp³-hybridized carbons (Fsp3) is 0.345. The molecule has 5 nitrogen and oxygen atoms in total. The number of hydrogen-bond donors (Lipinski definition) is 1. The van der Waals surface area contributed by atoms with Gasteiger partial charge in [0.1, 0.15) is 6.10 Å². The van der Waals surface area contributed by atoms with Crippen LogP contribution in [0.2, 0.25) is 0 Å². The zero-order valence-corrected chi connectivity index (χ0v) is 19.3. The molecule has 0 aromatic heterocycles. The van der Waals surface area contributed by atoms with Crippen LogP contribution in [0, 0.1) is 5.92 Å². The van der Waals surface area contributed by atoms with Gasteiger partial charge in [0.05, 0.1) is 32.0 Å². The van der Waals surface area contributed by atoms with E-state index in [0.29, 0.717) is 32.7 Å². The number of rotatable bonds is 12. The second kappa shape index (κ2) is 12.5. The molecule has 4 atom stereocenters. The van der Waals surface area contributed by atoms with Crippen molar-refractivity contribution in [1.29, 1.82) is 0 Å². The van der Waals surface area contributed by atoms with Gasteiger partial charge in [-0.15, -0.1) is 0 Å². The van der Waals surface area contributed by atoms with Crippen LogP contribution < -0.4 is 0 Å². The first-order valence-electron chi connectivity index (χ1n) is 11.9. The van der Waals surface area contributed by atoms with Crippen LogP contribution in [0.15, 0.2) is 91.0 Å². The molecule has 0 amide bonds. The molecule has 5 heteroatoms. The monoisotopic (exact) mass is 460 g/mol. The minimum atomic E-state index is -0.794. The van der Waals surface area contributed by atoms with E-state index in [-0.39, 0.29) is 30.7 Å². The lowest BCUT2D eigenvalue weighted by molar-refractivity contribution is -0.138. The minimum Gasteiger partial charge on any atom is -0.481 e. The molecular formula is C29H32O5. The number of ether oxygens (including phenoxy) is 3. The van der Waals surface area contributed by atoms with Crippen LogP contribution in [-0.4, -0.2) is 29.4 Å². The predicted octanol–water partition coefficient (Wildman–Crippen LogP) is 5.63. The van der Waals surface area contributed by atoms with Crippen molar-refractivity contribution in [2.75, 3.05) is 0 Å². The molecule has 1 aliphatic carbocycles. The number of hydrogen-bond acceptors (Lipinski definition) is 4. The topological polar surface area (TPSA) is 65.0 Å². The van der Waals surface area contributed by atoms with Crippen molar-refractivity contribution in [3.63, 3.8) is 0 Å². The number of aliphatic carboxylic acids is 1. The van der Waals surface area contributed by atoms with E-state index in [9.17, 15) is 9.90 Å². The molecule has 178 valence electrons. The van der Waals surface area contributed by atoms with Crippen LogP contribution in [0.25, 0.3) is 0 Å². The summed E-state index contributed by atoms with van der Waals surface area (Å²) in [6.07, 6.45) is 0.635. The minimum absolute atomic E-state index is 0.0429. The molecule has 1 aliphatic rings. The summed E-state index contributed by atoms with van der Waals surface area (Å²) in [4.78, 5) is 11.3. The third-order valence-corrected chi connectivity index (χ3v) is 6.30. The fourth-order valence-corrected chi connectivity index (χ4v) is 4.54. The summed E-state index contributed by atoms with van der Waals surface area (Å²) >= 11 is 0. The van der Waals surface area contributed by atoms with Gasteiger partial charge in [0.2, 0.25) is 0 Å². The second-order valence-electron chi connectivity index (χ2n) is 8.79. The van der Waals surface area contributed by atoms with Gasteiger partial charge in [-0.2, -0.15) is 0 Å². The molecule has 0 heterocycles. The van der Waals surface area contributed by atoms with Gasteiger partial charge in [-0.3, -0.25) is 4.79 Å². The molecule has 0 spiro atoms. The van der Waals surface area contributed by atoms with Crippen molar-refractivity contribution in [3.05, 3.63) is 108 Å². The average Bonchev–Trinajstić information content (AvgIpc) is 3.21. The maximum absolute atomic E-state index is 11.3. The van der Waals surface area contributed by atoms with Crippen LogP contribution in [-0.2, 0) is 38.8 Å². The zero-order valence-electron chi connectivity index (χ0n) is 19.3. The molecule has 3 aromatic rings. The highest BCUT2D eigenvalue weighted by molar-refractivity contribution is 5.66. The summed E-state index contributed by atoms with van der Waals surface area (Å²) < 4.78 is 19.2. The van der Waals surface area contributed by atoms with Gasteiger partial charge in [-0.1, -0.05) is 91.0 Å². The Labute approximate surface area is 201 Å². The van der Waals surface area contributed by atoms with Crippen LogP contribution in [0.4, 0.5) is 0 Å². The molecule has 4 rings (SSSR count). The van der Waals surface area contributed by atoms with Crippen LogP contribution in [0.1, 0.15) is 36.0 Å². The second-order valence-corrected chi connectivity index (χ2v) is 8.79. The number of benzene rings is 3. The van der Waals surface area contributed by atoms with Crippen LogP contribution >= 0.6 is 0 Å². The quantitative estimate of drug-likeness (QED) is 0.380. The van der Waals surface area contributed by atoms with Gasteiger partial charge in [-0.25, -0.2) is 0 Å². The van der Waals surface area contributed by atoms with E-state index in [2.05, 4.69) is 0 Å². The molecule has 34 heavy (non-hydrogen) atoms. The summed E-state index contributed by atoms with van der Waals surface area (Å²) in [7, 11) is 0. The van der Waals surface area contributed by atoms with Gasteiger partial charge >= 0.3 is 5.97 Å². The molecule has 0 saturated heterocycles. The zero-order chi connectivity index (χ0) is 23.6. The third-order valence-electron chi connectivity index (χ3n) is 6.30. The Balaban J connectivity index is 1.50.